The Hall–Kier alpha value is -2.71. The van der Waals surface area contributed by atoms with Crippen LogP contribution in [0.15, 0.2) is 54.9 Å². The van der Waals surface area contributed by atoms with Crippen LogP contribution in [0.2, 0.25) is 10.0 Å². The highest BCUT2D eigenvalue weighted by atomic mass is 35.5. The molecule has 1 saturated heterocycles. The van der Waals surface area contributed by atoms with Gasteiger partial charge in [-0.2, -0.15) is 0 Å². The summed E-state index contributed by atoms with van der Waals surface area (Å²) in [5.74, 6) is -0.817. The lowest BCUT2D eigenvalue weighted by Crippen LogP contribution is -2.43. The summed E-state index contributed by atoms with van der Waals surface area (Å²) in [6.45, 7) is 6.99. The lowest BCUT2D eigenvalue weighted by molar-refractivity contribution is 0.102. The van der Waals surface area contributed by atoms with Crippen LogP contribution in [0.3, 0.4) is 0 Å². The van der Waals surface area contributed by atoms with E-state index in [4.69, 9.17) is 23.2 Å². The average Bonchev–Trinajstić information content (AvgIpc) is 2.84. The predicted molar refractivity (Wildman–Crippen MR) is 140 cm³/mol. The number of hydrogen-bond donors (Lipinski definition) is 2. The monoisotopic (exact) mass is 515 g/mol. The SMILES string of the molecule is C[C@@H](Nc1cncc(C(=O)Nc2ccc(CN3CCN(C)CC3)cc2)c1)c1c(Cl)ccc(F)c1Cl. The van der Waals surface area contributed by atoms with Crippen LogP contribution in [0, 0.1) is 5.82 Å². The van der Waals surface area contributed by atoms with Crippen molar-refractivity contribution in [2.24, 2.45) is 0 Å². The number of nitrogens with zero attached hydrogens (tertiary/aromatic N) is 3. The zero-order valence-electron chi connectivity index (χ0n) is 19.7. The van der Waals surface area contributed by atoms with Gasteiger partial charge in [-0.15, -0.1) is 0 Å². The molecular weight excluding hydrogens is 488 g/mol. The lowest BCUT2D eigenvalue weighted by Gasteiger charge is -2.32. The number of carbonyl (C=O) groups excluding carboxylic acids is 1. The van der Waals surface area contributed by atoms with E-state index in [2.05, 4.69) is 32.5 Å². The Morgan fingerprint density at radius 1 is 1.06 bits per heavy atom. The number of halogens is 3. The van der Waals surface area contributed by atoms with Gasteiger partial charge in [-0.1, -0.05) is 35.3 Å². The largest absolute Gasteiger partial charge is 0.377 e. The molecule has 1 aliphatic rings. The van der Waals surface area contributed by atoms with Crippen molar-refractivity contribution >= 4 is 40.5 Å². The van der Waals surface area contributed by atoms with Gasteiger partial charge in [-0.25, -0.2) is 4.39 Å². The number of likely N-dealkylation sites (N-methyl/N-ethyl adjacent to an activating group) is 1. The lowest BCUT2D eigenvalue weighted by atomic mass is 10.1. The molecule has 1 aliphatic heterocycles. The third kappa shape index (κ3) is 6.49. The number of piperazine rings is 1. The minimum Gasteiger partial charge on any atom is -0.377 e. The summed E-state index contributed by atoms with van der Waals surface area (Å²) in [6, 6.07) is 11.9. The highest BCUT2D eigenvalue weighted by Gasteiger charge is 2.18. The normalized spacial score (nSPS) is 15.6. The molecule has 3 aromatic rings. The summed E-state index contributed by atoms with van der Waals surface area (Å²) >= 11 is 12.3. The van der Waals surface area contributed by atoms with Crippen LogP contribution in [-0.2, 0) is 6.54 Å². The van der Waals surface area contributed by atoms with Crippen LogP contribution < -0.4 is 10.6 Å². The first-order valence-electron chi connectivity index (χ1n) is 11.5. The van der Waals surface area contributed by atoms with E-state index in [9.17, 15) is 9.18 Å². The number of benzene rings is 2. The minimum absolute atomic E-state index is 0.0320. The summed E-state index contributed by atoms with van der Waals surface area (Å²) in [7, 11) is 2.15. The molecule has 2 N–H and O–H groups in total. The summed E-state index contributed by atoms with van der Waals surface area (Å²) in [6.07, 6.45) is 3.08. The molecule has 1 atom stereocenters. The van der Waals surface area contributed by atoms with E-state index in [0.29, 0.717) is 27.5 Å². The molecule has 35 heavy (non-hydrogen) atoms. The maximum Gasteiger partial charge on any atom is 0.257 e. The van der Waals surface area contributed by atoms with Crippen molar-refractivity contribution in [1.29, 1.82) is 0 Å². The summed E-state index contributed by atoms with van der Waals surface area (Å²) in [5.41, 5.74) is 3.34. The first-order chi connectivity index (χ1) is 16.8. The number of pyridine rings is 1. The molecular formula is C26H28Cl2FN5O. The molecule has 0 aliphatic carbocycles. The van der Waals surface area contributed by atoms with Gasteiger partial charge in [0.2, 0.25) is 0 Å². The van der Waals surface area contributed by atoms with E-state index < -0.39 is 11.9 Å². The van der Waals surface area contributed by atoms with Crippen LogP contribution in [0.5, 0.6) is 0 Å². The Bertz CT molecular complexity index is 1180. The van der Waals surface area contributed by atoms with Gasteiger partial charge in [0.05, 0.1) is 22.3 Å². The van der Waals surface area contributed by atoms with E-state index in [-0.39, 0.29) is 10.9 Å². The van der Waals surface area contributed by atoms with E-state index in [1.165, 1.54) is 23.9 Å². The third-order valence-corrected chi connectivity index (χ3v) is 6.82. The number of carbonyl (C=O) groups is 1. The van der Waals surface area contributed by atoms with Gasteiger partial charge in [0.1, 0.15) is 5.82 Å². The minimum atomic E-state index is -0.541. The van der Waals surface area contributed by atoms with Crippen molar-refractivity contribution < 1.29 is 9.18 Å². The molecule has 4 rings (SSSR count). The van der Waals surface area contributed by atoms with Crippen LogP contribution in [0.1, 0.15) is 34.5 Å². The first-order valence-corrected chi connectivity index (χ1v) is 12.2. The Labute approximate surface area is 215 Å². The van der Waals surface area contributed by atoms with Crippen molar-refractivity contribution in [2.75, 3.05) is 43.9 Å². The number of rotatable bonds is 7. The van der Waals surface area contributed by atoms with Gasteiger partial charge in [0, 0.05) is 61.4 Å². The van der Waals surface area contributed by atoms with Crippen LogP contribution in [0.25, 0.3) is 0 Å². The predicted octanol–water partition coefficient (Wildman–Crippen LogP) is 5.70. The van der Waals surface area contributed by atoms with Crippen LogP contribution in [-0.4, -0.2) is 53.9 Å². The molecule has 0 radical (unpaired) electrons. The summed E-state index contributed by atoms with van der Waals surface area (Å²) < 4.78 is 13.9. The van der Waals surface area contributed by atoms with Crippen molar-refractivity contribution in [3.8, 4) is 0 Å². The fourth-order valence-corrected chi connectivity index (χ4v) is 4.76. The topological polar surface area (TPSA) is 60.5 Å². The Balaban J connectivity index is 1.38. The van der Waals surface area contributed by atoms with Gasteiger partial charge >= 0.3 is 0 Å². The zero-order valence-corrected chi connectivity index (χ0v) is 21.2. The van der Waals surface area contributed by atoms with E-state index in [1.807, 2.05) is 31.2 Å². The van der Waals surface area contributed by atoms with Crippen LogP contribution in [0.4, 0.5) is 15.8 Å². The van der Waals surface area contributed by atoms with Gasteiger partial charge in [0.25, 0.3) is 5.91 Å². The highest BCUT2D eigenvalue weighted by molar-refractivity contribution is 6.36. The van der Waals surface area contributed by atoms with Crippen molar-refractivity contribution in [3.05, 3.63) is 87.4 Å². The first kappa shape index (κ1) is 25.4. The second-order valence-corrected chi connectivity index (χ2v) is 9.60. The fraction of sp³-hybridized carbons (Fsp3) is 0.308. The smallest absolute Gasteiger partial charge is 0.257 e. The van der Waals surface area contributed by atoms with Crippen molar-refractivity contribution in [2.45, 2.75) is 19.5 Å². The van der Waals surface area contributed by atoms with Crippen molar-refractivity contribution in [3.63, 3.8) is 0 Å². The number of anilines is 2. The summed E-state index contributed by atoms with van der Waals surface area (Å²) in [4.78, 5) is 21.8. The molecule has 0 spiro atoms. The molecule has 0 saturated carbocycles. The zero-order chi connectivity index (χ0) is 24.9. The van der Waals surface area contributed by atoms with Crippen LogP contribution >= 0.6 is 23.2 Å². The molecule has 2 heterocycles. The van der Waals surface area contributed by atoms with E-state index in [1.54, 1.807) is 12.3 Å². The number of aromatic nitrogens is 1. The molecule has 1 amide bonds. The standard InChI is InChI=1S/C26H28Cl2FN5O/c1-17(24-22(27)7-8-23(29)25(24)28)31-21-13-19(14-30-15-21)26(35)32-20-5-3-18(4-6-20)16-34-11-9-33(2)10-12-34/h3-8,13-15,17,31H,9-12,16H2,1-2H3,(H,32,35)/t17-/m1/s1. The second kappa shape index (κ2) is 11.4. The third-order valence-electron chi connectivity index (χ3n) is 6.11. The van der Waals surface area contributed by atoms with E-state index in [0.717, 1.165) is 32.7 Å². The van der Waals surface area contributed by atoms with Gasteiger partial charge in [-0.05, 0) is 49.9 Å². The fourth-order valence-electron chi connectivity index (χ4n) is 4.07. The summed E-state index contributed by atoms with van der Waals surface area (Å²) in [5, 5.41) is 6.43. The van der Waals surface area contributed by atoms with E-state index >= 15 is 0 Å². The number of nitrogens with one attached hydrogen (secondary N) is 2. The van der Waals surface area contributed by atoms with Gasteiger partial charge in [0.15, 0.2) is 0 Å². The maximum atomic E-state index is 13.9. The van der Waals surface area contributed by atoms with Crippen molar-refractivity contribution in [1.82, 2.24) is 14.8 Å². The molecule has 0 bridgehead atoms. The molecule has 184 valence electrons. The molecule has 1 fully saturated rings. The Morgan fingerprint density at radius 3 is 2.49 bits per heavy atom. The maximum absolute atomic E-state index is 13.9. The number of amides is 1. The highest BCUT2D eigenvalue weighted by Crippen LogP contribution is 2.34. The van der Waals surface area contributed by atoms with Gasteiger partial charge < -0.3 is 15.5 Å². The molecule has 2 aromatic carbocycles. The quantitative estimate of drug-likeness (QED) is 0.395. The Kier molecular flexibility index (Phi) is 8.23. The van der Waals surface area contributed by atoms with Gasteiger partial charge in [-0.3, -0.25) is 14.7 Å². The molecule has 0 unspecified atom stereocenters. The molecule has 6 nitrogen and oxygen atoms in total. The Morgan fingerprint density at radius 2 is 1.77 bits per heavy atom. The molecule has 9 heteroatoms. The molecule has 1 aromatic heterocycles. The number of hydrogen-bond acceptors (Lipinski definition) is 5. The second-order valence-electron chi connectivity index (χ2n) is 8.82. The average molecular weight is 516 g/mol.